The van der Waals surface area contributed by atoms with Crippen LogP contribution in [0.4, 0.5) is 0 Å². The van der Waals surface area contributed by atoms with Crippen molar-refractivity contribution in [3.8, 4) is 0 Å². The van der Waals surface area contributed by atoms with E-state index in [4.69, 9.17) is 26.4 Å². The zero-order valence-electron chi connectivity index (χ0n) is 14.9. The Bertz CT molecular complexity index is 757. The summed E-state index contributed by atoms with van der Waals surface area (Å²) in [5.41, 5.74) is 2.16. The third-order valence-corrected chi connectivity index (χ3v) is 5.35. The predicted octanol–water partition coefficient (Wildman–Crippen LogP) is 2.42. The number of rotatable bonds is 7. The highest BCUT2D eigenvalue weighted by Gasteiger charge is 2.56. The van der Waals surface area contributed by atoms with E-state index in [9.17, 15) is 5.11 Å². The summed E-state index contributed by atoms with van der Waals surface area (Å²) in [4.78, 5) is 0. The molecule has 2 fully saturated rings. The first-order valence-corrected chi connectivity index (χ1v) is 9.55. The summed E-state index contributed by atoms with van der Waals surface area (Å²) in [6.07, 6.45) is -1.33. The fourth-order valence-corrected chi connectivity index (χ4v) is 4.02. The summed E-state index contributed by atoms with van der Waals surface area (Å²) in [5.74, 6) is -0.201. The first-order valence-electron chi connectivity index (χ1n) is 9.15. The first-order chi connectivity index (χ1) is 13.2. The third kappa shape index (κ3) is 4.14. The first kappa shape index (κ1) is 18.4. The van der Waals surface area contributed by atoms with Gasteiger partial charge in [-0.25, -0.2) is 0 Å². The molecule has 5 atom stereocenters. The predicted molar refractivity (Wildman–Crippen MR) is 105 cm³/mol. The lowest BCUT2D eigenvalue weighted by Crippen LogP contribution is -2.42. The average molecular weight is 385 g/mol. The Hall–Kier alpha value is -1.99. The van der Waals surface area contributed by atoms with Gasteiger partial charge in [0.2, 0.25) is 0 Å². The van der Waals surface area contributed by atoms with E-state index in [0.29, 0.717) is 25.0 Å². The molecule has 2 aromatic rings. The molecule has 1 aliphatic heterocycles. The molecule has 1 saturated carbocycles. The van der Waals surface area contributed by atoms with Gasteiger partial charge in [0.25, 0.3) is 5.17 Å². The number of hydrogen-bond donors (Lipinski definition) is 2. The molecular formula is C21H23NO4S. The van der Waals surface area contributed by atoms with Gasteiger partial charge >= 0.3 is 0 Å². The van der Waals surface area contributed by atoms with Crippen molar-refractivity contribution < 1.29 is 19.3 Å². The Morgan fingerprint density at radius 3 is 2.26 bits per heavy atom. The van der Waals surface area contributed by atoms with E-state index in [2.05, 4.69) is 5.32 Å². The molecule has 0 spiro atoms. The van der Waals surface area contributed by atoms with E-state index >= 15 is 0 Å². The number of aliphatic hydroxyl groups is 1. The van der Waals surface area contributed by atoms with Crippen LogP contribution in [0.1, 0.15) is 11.1 Å². The van der Waals surface area contributed by atoms with E-state index < -0.39 is 12.2 Å². The highest BCUT2D eigenvalue weighted by Crippen LogP contribution is 2.36. The number of aliphatic hydroxyl groups excluding tert-OH is 1. The molecule has 0 radical (unpaired) electrons. The summed E-state index contributed by atoms with van der Waals surface area (Å²) >= 11 is 5.17. The van der Waals surface area contributed by atoms with Crippen LogP contribution < -0.4 is 5.32 Å². The lowest BCUT2D eigenvalue weighted by Gasteiger charge is -2.23. The summed E-state index contributed by atoms with van der Waals surface area (Å²) < 4.78 is 17.7. The van der Waals surface area contributed by atoms with Crippen molar-refractivity contribution in [1.82, 2.24) is 5.32 Å². The van der Waals surface area contributed by atoms with Gasteiger partial charge in [-0.3, -0.25) is 0 Å². The average Bonchev–Trinajstić information content (AvgIpc) is 3.17. The summed E-state index contributed by atoms with van der Waals surface area (Å²) in [6.45, 7) is 1.30. The Morgan fingerprint density at radius 2 is 1.59 bits per heavy atom. The van der Waals surface area contributed by atoms with Crippen LogP contribution in [0.25, 0.3) is 0 Å². The SMILES string of the molecule is O[C@@H]1[C@@H](COCc2ccccc2)[C@@H]2OC(=S)N[C@@H]2[C@H]1OCc1ccccc1. The molecule has 1 aliphatic carbocycles. The van der Waals surface area contributed by atoms with E-state index in [1.165, 1.54) is 0 Å². The van der Waals surface area contributed by atoms with Crippen LogP contribution in [0, 0.1) is 5.92 Å². The number of thiocarbonyl (C=S) groups is 1. The molecule has 0 unspecified atom stereocenters. The molecule has 27 heavy (non-hydrogen) atoms. The van der Waals surface area contributed by atoms with Gasteiger partial charge in [-0.15, -0.1) is 0 Å². The summed E-state index contributed by atoms with van der Waals surface area (Å²) in [7, 11) is 0. The molecule has 6 heteroatoms. The monoisotopic (exact) mass is 385 g/mol. The van der Waals surface area contributed by atoms with Crippen molar-refractivity contribution in [2.24, 2.45) is 5.92 Å². The van der Waals surface area contributed by atoms with E-state index in [1.54, 1.807) is 0 Å². The van der Waals surface area contributed by atoms with Gasteiger partial charge in [-0.2, -0.15) is 0 Å². The molecule has 2 aromatic carbocycles. The van der Waals surface area contributed by atoms with Crippen LogP contribution in [0.3, 0.4) is 0 Å². The molecule has 2 N–H and O–H groups in total. The molecule has 5 nitrogen and oxygen atoms in total. The van der Waals surface area contributed by atoms with Crippen molar-refractivity contribution in [2.75, 3.05) is 6.61 Å². The quantitative estimate of drug-likeness (QED) is 0.714. The number of hydrogen-bond acceptors (Lipinski definition) is 5. The Balaban J connectivity index is 1.38. The van der Waals surface area contributed by atoms with Gasteiger partial charge in [-0.05, 0) is 23.3 Å². The molecular weight excluding hydrogens is 362 g/mol. The molecule has 0 bridgehead atoms. The summed E-state index contributed by atoms with van der Waals surface area (Å²) in [6, 6.07) is 19.7. The minimum absolute atomic E-state index is 0.165. The second kappa shape index (κ2) is 8.35. The van der Waals surface area contributed by atoms with Crippen LogP contribution in [-0.2, 0) is 27.4 Å². The maximum absolute atomic E-state index is 10.8. The van der Waals surface area contributed by atoms with E-state index in [0.717, 1.165) is 11.1 Å². The lowest BCUT2D eigenvalue weighted by molar-refractivity contribution is -0.0627. The third-order valence-electron chi connectivity index (χ3n) is 5.14. The minimum Gasteiger partial charge on any atom is -0.465 e. The van der Waals surface area contributed by atoms with Crippen LogP contribution in [0.2, 0.25) is 0 Å². The normalized spacial score (nSPS) is 29.2. The van der Waals surface area contributed by atoms with Gasteiger partial charge < -0.3 is 24.6 Å². The minimum atomic E-state index is -0.685. The maximum atomic E-state index is 10.8. The summed E-state index contributed by atoms with van der Waals surface area (Å²) in [5, 5.41) is 14.3. The van der Waals surface area contributed by atoms with Crippen LogP contribution in [-0.4, -0.2) is 41.2 Å². The van der Waals surface area contributed by atoms with Crippen molar-refractivity contribution in [3.05, 3.63) is 71.8 Å². The van der Waals surface area contributed by atoms with E-state index in [1.807, 2.05) is 60.7 Å². The van der Waals surface area contributed by atoms with Crippen molar-refractivity contribution >= 4 is 17.4 Å². The maximum Gasteiger partial charge on any atom is 0.257 e. The van der Waals surface area contributed by atoms with Gasteiger partial charge in [0, 0.05) is 0 Å². The second-order valence-electron chi connectivity index (χ2n) is 6.96. The number of nitrogens with one attached hydrogen (secondary N) is 1. The Morgan fingerprint density at radius 1 is 0.963 bits per heavy atom. The molecule has 1 saturated heterocycles. The molecule has 0 aromatic heterocycles. The zero-order valence-corrected chi connectivity index (χ0v) is 15.7. The highest BCUT2D eigenvalue weighted by atomic mass is 32.1. The number of fused-ring (bicyclic) bond motifs is 1. The van der Waals surface area contributed by atoms with Crippen LogP contribution in [0.5, 0.6) is 0 Å². The topological polar surface area (TPSA) is 60.0 Å². The van der Waals surface area contributed by atoms with Gasteiger partial charge in [0.1, 0.15) is 12.2 Å². The fraction of sp³-hybridized carbons (Fsp3) is 0.381. The molecule has 2 aliphatic rings. The second-order valence-corrected chi connectivity index (χ2v) is 7.33. The zero-order chi connectivity index (χ0) is 18.6. The van der Waals surface area contributed by atoms with Crippen molar-refractivity contribution in [3.63, 3.8) is 0 Å². The van der Waals surface area contributed by atoms with Crippen LogP contribution in [0.15, 0.2) is 60.7 Å². The Kier molecular flexibility index (Phi) is 5.69. The van der Waals surface area contributed by atoms with Crippen LogP contribution >= 0.6 is 12.2 Å². The smallest absolute Gasteiger partial charge is 0.257 e. The van der Waals surface area contributed by atoms with E-state index in [-0.39, 0.29) is 18.1 Å². The van der Waals surface area contributed by atoms with Gasteiger partial charge in [0.15, 0.2) is 0 Å². The highest BCUT2D eigenvalue weighted by molar-refractivity contribution is 7.80. The van der Waals surface area contributed by atoms with Gasteiger partial charge in [-0.1, -0.05) is 60.7 Å². The fourth-order valence-electron chi connectivity index (χ4n) is 3.77. The lowest BCUT2D eigenvalue weighted by atomic mass is 10.0. The standard InChI is InChI=1S/C21H23NO4S/c23-18-16(13-24-11-14-7-3-1-4-8-14)19-17(22-21(27)26-19)20(18)25-12-15-9-5-2-6-10-15/h1-10,16-20,23H,11-13H2,(H,22,27)/t16-,17+,18-,19+,20-/m1/s1. The molecule has 1 heterocycles. The largest absolute Gasteiger partial charge is 0.465 e. The molecule has 0 amide bonds. The molecule has 4 rings (SSSR count). The number of ether oxygens (including phenoxy) is 3. The van der Waals surface area contributed by atoms with Crippen molar-refractivity contribution in [2.45, 2.75) is 37.6 Å². The molecule has 142 valence electrons. The van der Waals surface area contributed by atoms with Crippen molar-refractivity contribution in [1.29, 1.82) is 0 Å². The number of benzene rings is 2. The Labute approximate surface area is 164 Å². The van der Waals surface area contributed by atoms with Gasteiger partial charge in [0.05, 0.1) is 37.9 Å².